The van der Waals surface area contributed by atoms with Gasteiger partial charge >= 0.3 is 0 Å². The van der Waals surface area contributed by atoms with Gasteiger partial charge in [0.15, 0.2) is 0 Å². The van der Waals surface area contributed by atoms with Crippen molar-refractivity contribution in [2.75, 3.05) is 0 Å². The number of hydrogen-bond acceptors (Lipinski definition) is 1. The second kappa shape index (κ2) is 6.57. The minimum Gasteiger partial charge on any atom is -0.385 e. The zero-order chi connectivity index (χ0) is 13.9. The van der Waals surface area contributed by atoms with E-state index in [1.54, 1.807) is 0 Å². The molecule has 2 rings (SSSR count). The van der Waals surface area contributed by atoms with Crippen molar-refractivity contribution in [3.8, 4) is 0 Å². The molecule has 1 aromatic rings. The van der Waals surface area contributed by atoms with E-state index in [9.17, 15) is 5.11 Å². The van der Waals surface area contributed by atoms with Gasteiger partial charge in [0.05, 0.1) is 5.60 Å². The van der Waals surface area contributed by atoms with Gasteiger partial charge in [-0.25, -0.2) is 0 Å². The zero-order valence-electron chi connectivity index (χ0n) is 12.0. The summed E-state index contributed by atoms with van der Waals surface area (Å²) >= 11 is 2.48. The molecule has 106 valence electrons. The fourth-order valence-corrected chi connectivity index (χ4v) is 3.58. The predicted molar refractivity (Wildman–Crippen MR) is 89.6 cm³/mol. The number of rotatable bonds is 4. The summed E-state index contributed by atoms with van der Waals surface area (Å²) in [6.07, 6.45) is 7.35. The Morgan fingerprint density at radius 2 is 1.79 bits per heavy atom. The van der Waals surface area contributed by atoms with E-state index in [1.807, 2.05) is 6.92 Å². The third kappa shape index (κ3) is 3.52. The Kier molecular flexibility index (Phi) is 5.29. The molecule has 19 heavy (non-hydrogen) atoms. The molecule has 1 fully saturated rings. The van der Waals surface area contributed by atoms with Crippen molar-refractivity contribution in [3.63, 3.8) is 0 Å². The second-order valence-electron chi connectivity index (χ2n) is 5.98. The molecule has 0 aliphatic heterocycles. The van der Waals surface area contributed by atoms with Crippen LogP contribution in [0.1, 0.15) is 67.4 Å². The van der Waals surface area contributed by atoms with Crippen LogP contribution in [-0.4, -0.2) is 5.11 Å². The maximum atomic E-state index is 10.9. The van der Waals surface area contributed by atoms with Gasteiger partial charge in [0.2, 0.25) is 0 Å². The second-order valence-corrected chi connectivity index (χ2v) is 7.48. The zero-order valence-corrected chi connectivity index (χ0v) is 14.2. The van der Waals surface area contributed by atoms with E-state index in [-0.39, 0.29) is 0 Å². The fourth-order valence-electron chi connectivity index (χ4n) is 3.17. The van der Waals surface area contributed by atoms with Gasteiger partial charge in [-0.1, -0.05) is 73.0 Å². The van der Waals surface area contributed by atoms with Crippen LogP contribution in [-0.2, 0) is 5.60 Å². The molecule has 0 aromatic heterocycles. The van der Waals surface area contributed by atoms with Gasteiger partial charge in [0.1, 0.15) is 0 Å². The van der Waals surface area contributed by atoms with Gasteiger partial charge < -0.3 is 5.11 Å². The van der Waals surface area contributed by atoms with E-state index in [0.29, 0.717) is 9.84 Å². The van der Waals surface area contributed by atoms with E-state index >= 15 is 0 Å². The molecule has 0 heterocycles. The highest BCUT2D eigenvalue weighted by atomic mass is 127. The SMILES string of the molecule is CCC(I)c1ccc(C(C)(O)C2CCCCC2)cc1. The topological polar surface area (TPSA) is 20.2 Å². The molecule has 2 atom stereocenters. The van der Waals surface area contributed by atoms with E-state index in [1.165, 1.54) is 37.7 Å². The Morgan fingerprint density at radius 3 is 2.32 bits per heavy atom. The largest absolute Gasteiger partial charge is 0.385 e. The number of alkyl halides is 1. The van der Waals surface area contributed by atoms with E-state index in [2.05, 4.69) is 53.8 Å². The summed E-state index contributed by atoms with van der Waals surface area (Å²) in [6, 6.07) is 8.64. The summed E-state index contributed by atoms with van der Waals surface area (Å²) in [5.74, 6) is 0.425. The lowest BCUT2D eigenvalue weighted by Crippen LogP contribution is -2.33. The molecule has 1 nitrogen and oxygen atoms in total. The molecule has 1 aliphatic carbocycles. The molecule has 1 N–H and O–H groups in total. The van der Waals surface area contributed by atoms with Crippen molar-refractivity contribution in [1.29, 1.82) is 0 Å². The van der Waals surface area contributed by atoms with Crippen molar-refractivity contribution in [2.24, 2.45) is 5.92 Å². The van der Waals surface area contributed by atoms with Crippen molar-refractivity contribution in [1.82, 2.24) is 0 Å². The van der Waals surface area contributed by atoms with Crippen LogP contribution in [0, 0.1) is 5.92 Å². The van der Waals surface area contributed by atoms with Crippen molar-refractivity contribution in [3.05, 3.63) is 35.4 Å². The Bertz CT molecular complexity index is 390. The first-order valence-electron chi connectivity index (χ1n) is 7.52. The summed E-state index contributed by atoms with van der Waals surface area (Å²) in [5.41, 5.74) is 1.79. The summed E-state index contributed by atoms with van der Waals surface area (Å²) < 4.78 is 0.575. The highest BCUT2D eigenvalue weighted by molar-refractivity contribution is 14.1. The first kappa shape index (κ1) is 15.3. The van der Waals surface area contributed by atoms with Crippen molar-refractivity contribution < 1.29 is 5.11 Å². The van der Waals surface area contributed by atoms with Crippen LogP contribution in [0.2, 0.25) is 0 Å². The van der Waals surface area contributed by atoms with Crippen LogP contribution in [0.15, 0.2) is 24.3 Å². The Labute approximate surface area is 130 Å². The maximum Gasteiger partial charge on any atom is 0.0896 e. The molecule has 2 unspecified atom stereocenters. The van der Waals surface area contributed by atoms with Gasteiger partial charge in [-0.05, 0) is 43.2 Å². The third-order valence-electron chi connectivity index (χ3n) is 4.62. The molecule has 2 heteroatoms. The highest BCUT2D eigenvalue weighted by Crippen LogP contribution is 2.39. The van der Waals surface area contributed by atoms with Crippen LogP contribution in [0.5, 0.6) is 0 Å². The highest BCUT2D eigenvalue weighted by Gasteiger charge is 2.34. The molecule has 0 spiro atoms. The Balaban J connectivity index is 2.15. The summed E-state index contributed by atoms with van der Waals surface area (Å²) in [7, 11) is 0. The van der Waals surface area contributed by atoms with Crippen LogP contribution >= 0.6 is 22.6 Å². The lowest BCUT2D eigenvalue weighted by molar-refractivity contribution is -0.0215. The summed E-state index contributed by atoms with van der Waals surface area (Å²) in [6.45, 7) is 4.21. The number of halogens is 1. The molecule has 1 aliphatic rings. The molecule has 1 saturated carbocycles. The molecule has 0 radical (unpaired) electrons. The molecular weight excluding hydrogens is 347 g/mol. The average molecular weight is 372 g/mol. The molecule has 0 amide bonds. The quantitative estimate of drug-likeness (QED) is 0.557. The molecular formula is C17H25IO. The predicted octanol–water partition coefficient (Wildman–Crippen LogP) is 5.36. The molecule has 0 saturated heterocycles. The number of hydrogen-bond donors (Lipinski definition) is 1. The number of benzene rings is 1. The van der Waals surface area contributed by atoms with Crippen LogP contribution < -0.4 is 0 Å². The molecule has 1 aromatic carbocycles. The lowest BCUT2D eigenvalue weighted by Gasteiger charge is -2.36. The normalized spacial score (nSPS) is 21.9. The monoisotopic (exact) mass is 372 g/mol. The van der Waals surface area contributed by atoms with E-state index in [0.717, 1.165) is 12.0 Å². The van der Waals surface area contributed by atoms with Gasteiger partial charge in [0.25, 0.3) is 0 Å². The van der Waals surface area contributed by atoms with Crippen LogP contribution in [0.4, 0.5) is 0 Å². The first-order chi connectivity index (χ1) is 9.05. The van der Waals surface area contributed by atoms with Crippen molar-refractivity contribution in [2.45, 2.75) is 61.9 Å². The minimum absolute atomic E-state index is 0.425. The van der Waals surface area contributed by atoms with Crippen LogP contribution in [0.25, 0.3) is 0 Å². The van der Waals surface area contributed by atoms with Gasteiger partial charge in [-0.2, -0.15) is 0 Å². The Morgan fingerprint density at radius 1 is 1.21 bits per heavy atom. The first-order valence-corrected chi connectivity index (χ1v) is 8.77. The smallest absolute Gasteiger partial charge is 0.0896 e. The van der Waals surface area contributed by atoms with E-state index < -0.39 is 5.60 Å². The van der Waals surface area contributed by atoms with Gasteiger partial charge in [-0.3, -0.25) is 0 Å². The van der Waals surface area contributed by atoms with Crippen molar-refractivity contribution >= 4 is 22.6 Å². The standard InChI is InChI=1S/C17H25IO/c1-3-16(18)13-9-11-15(12-10-13)17(2,19)14-7-5-4-6-8-14/h9-12,14,16,19H,3-8H2,1-2H3. The van der Waals surface area contributed by atoms with E-state index in [4.69, 9.17) is 0 Å². The summed E-state index contributed by atoms with van der Waals surface area (Å²) in [5, 5.41) is 10.9. The maximum absolute atomic E-state index is 10.9. The van der Waals surface area contributed by atoms with Crippen LogP contribution in [0.3, 0.4) is 0 Å². The summed E-state index contributed by atoms with van der Waals surface area (Å²) in [4.78, 5) is 0. The Hall–Kier alpha value is -0.0900. The lowest BCUT2D eigenvalue weighted by atomic mass is 9.74. The minimum atomic E-state index is -0.661. The third-order valence-corrected chi connectivity index (χ3v) is 6.22. The number of aliphatic hydroxyl groups is 1. The van der Waals surface area contributed by atoms with Gasteiger partial charge in [-0.15, -0.1) is 0 Å². The average Bonchev–Trinajstić information content (AvgIpc) is 2.47. The van der Waals surface area contributed by atoms with Gasteiger partial charge in [0, 0.05) is 3.92 Å². The molecule has 0 bridgehead atoms. The fraction of sp³-hybridized carbons (Fsp3) is 0.647.